The van der Waals surface area contributed by atoms with Crippen molar-refractivity contribution >= 4 is 17.3 Å². The molecule has 0 aromatic heterocycles. The van der Waals surface area contributed by atoms with E-state index in [-0.39, 0.29) is 5.56 Å². The third kappa shape index (κ3) is 2.37. The number of nitrogens with one attached hydrogen (secondary N) is 1. The Hall–Kier alpha value is -2.13. The molecule has 19 heavy (non-hydrogen) atoms. The van der Waals surface area contributed by atoms with E-state index in [1.165, 1.54) is 12.1 Å². The minimum absolute atomic E-state index is 0.252. The van der Waals surface area contributed by atoms with Gasteiger partial charge in [0.05, 0.1) is 18.2 Å². The summed E-state index contributed by atoms with van der Waals surface area (Å²) in [4.78, 5) is 13.0. The zero-order valence-corrected chi connectivity index (χ0v) is 10.5. The molecule has 0 spiro atoms. The highest BCUT2D eigenvalue weighted by atomic mass is 19.1. The van der Waals surface area contributed by atoms with Crippen molar-refractivity contribution in [3.63, 3.8) is 0 Å². The fourth-order valence-corrected chi connectivity index (χ4v) is 2.13. The SMILES string of the molecule is CCN(CCC#N)c1cc2c(cc1F)C(O)C(=O)N2. The monoisotopic (exact) mass is 263 g/mol. The fraction of sp³-hybridized carbons (Fsp3) is 0.385. The molecule has 1 aliphatic rings. The first-order chi connectivity index (χ1) is 9.08. The minimum atomic E-state index is -1.31. The summed E-state index contributed by atoms with van der Waals surface area (Å²) in [5.74, 6) is -1.05. The van der Waals surface area contributed by atoms with Crippen LogP contribution in [0.4, 0.5) is 15.8 Å². The van der Waals surface area contributed by atoms with Crippen molar-refractivity contribution in [2.45, 2.75) is 19.4 Å². The molecule has 1 heterocycles. The van der Waals surface area contributed by atoms with Crippen LogP contribution in [0.5, 0.6) is 0 Å². The van der Waals surface area contributed by atoms with Gasteiger partial charge in [-0.1, -0.05) is 0 Å². The van der Waals surface area contributed by atoms with E-state index in [0.29, 0.717) is 30.9 Å². The molecular weight excluding hydrogens is 249 g/mol. The molecule has 1 aromatic rings. The summed E-state index contributed by atoms with van der Waals surface area (Å²) < 4.78 is 14.0. The van der Waals surface area contributed by atoms with Gasteiger partial charge in [-0.3, -0.25) is 4.79 Å². The molecule has 0 fully saturated rings. The van der Waals surface area contributed by atoms with Gasteiger partial charge in [-0.2, -0.15) is 5.26 Å². The molecule has 2 rings (SSSR count). The summed E-state index contributed by atoms with van der Waals surface area (Å²) in [6.07, 6.45) is -1.02. The highest BCUT2D eigenvalue weighted by Gasteiger charge is 2.30. The first kappa shape index (κ1) is 13.3. The molecule has 6 heteroatoms. The van der Waals surface area contributed by atoms with E-state index in [1.807, 2.05) is 13.0 Å². The Bertz CT molecular complexity index is 554. The Morgan fingerprint density at radius 1 is 1.58 bits per heavy atom. The van der Waals surface area contributed by atoms with Crippen molar-refractivity contribution < 1.29 is 14.3 Å². The van der Waals surface area contributed by atoms with Crippen LogP contribution in [0.2, 0.25) is 0 Å². The zero-order chi connectivity index (χ0) is 14.0. The lowest BCUT2D eigenvalue weighted by molar-refractivity contribution is -0.123. The van der Waals surface area contributed by atoms with Gasteiger partial charge in [-0.15, -0.1) is 0 Å². The van der Waals surface area contributed by atoms with E-state index in [4.69, 9.17) is 5.26 Å². The van der Waals surface area contributed by atoms with Gasteiger partial charge in [-0.05, 0) is 19.1 Å². The quantitative estimate of drug-likeness (QED) is 0.864. The van der Waals surface area contributed by atoms with Crippen LogP contribution in [-0.4, -0.2) is 24.1 Å². The van der Waals surface area contributed by atoms with Crippen molar-refractivity contribution in [3.05, 3.63) is 23.5 Å². The largest absolute Gasteiger partial charge is 0.378 e. The Labute approximate surface area is 110 Å². The first-order valence-corrected chi connectivity index (χ1v) is 6.02. The van der Waals surface area contributed by atoms with E-state index < -0.39 is 17.8 Å². The number of nitrogens with zero attached hydrogens (tertiary/aromatic N) is 2. The molecule has 5 nitrogen and oxygen atoms in total. The summed E-state index contributed by atoms with van der Waals surface area (Å²) in [6.45, 7) is 2.82. The third-order valence-electron chi connectivity index (χ3n) is 3.14. The lowest BCUT2D eigenvalue weighted by Crippen LogP contribution is -2.24. The van der Waals surface area contributed by atoms with E-state index in [0.717, 1.165) is 0 Å². The number of amides is 1. The molecular formula is C13H14FN3O2. The Kier molecular flexibility index (Phi) is 3.67. The molecule has 0 radical (unpaired) electrons. The number of hydrogen-bond acceptors (Lipinski definition) is 4. The lowest BCUT2D eigenvalue weighted by Gasteiger charge is -2.23. The maximum Gasteiger partial charge on any atom is 0.257 e. The van der Waals surface area contributed by atoms with Gasteiger partial charge in [0.15, 0.2) is 6.10 Å². The van der Waals surface area contributed by atoms with Gasteiger partial charge < -0.3 is 15.3 Å². The van der Waals surface area contributed by atoms with Crippen molar-refractivity contribution in [3.8, 4) is 6.07 Å². The molecule has 1 atom stereocenters. The summed E-state index contributed by atoms with van der Waals surface area (Å²) in [7, 11) is 0. The summed E-state index contributed by atoms with van der Waals surface area (Å²) in [5.41, 5.74) is 0.998. The number of aliphatic hydroxyl groups is 1. The fourth-order valence-electron chi connectivity index (χ4n) is 2.13. The Morgan fingerprint density at radius 3 is 2.95 bits per heavy atom. The van der Waals surface area contributed by atoms with Crippen molar-refractivity contribution in [1.82, 2.24) is 0 Å². The summed E-state index contributed by atoms with van der Waals surface area (Å²) in [5, 5.41) is 20.7. The van der Waals surface area contributed by atoms with Crippen LogP contribution >= 0.6 is 0 Å². The summed E-state index contributed by atoms with van der Waals surface area (Å²) >= 11 is 0. The molecule has 1 aliphatic heterocycles. The number of nitriles is 1. The maximum absolute atomic E-state index is 14.0. The van der Waals surface area contributed by atoms with Gasteiger partial charge in [0.2, 0.25) is 0 Å². The number of carbonyl (C=O) groups excluding carboxylic acids is 1. The minimum Gasteiger partial charge on any atom is -0.378 e. The Balaban J connectivity index is 2.36. The average molecular weight is 263 g/mol. The van der Waals surface area contributed by atoms with E-state index in [1.54, 1.807) is 4.90 Å². The molecule has 0 saturated heterocycles. The van der Waals surface area contributed by atoms with Gasteiger partial charge >= 0.3 is 0 Å². The number of aliphatic hydroxyl groups excluding tert-OH is 1. The van der Waals surface area contributed by atoms with Crippen molar-refractivity contribution in [1.29, 1.82) is 5.26 Å². The summed E-state index contributed by atoms with van der Waals surface area (Å²) in [6, 6.07) is 4.68. The average Bonchev–Trinajstić information content (AvgIpc) is 2.66. The number of fused-ring (bicyclic) bond motifs is 1. The topological polar surface area (TPSA) is 76.4 Å². The van der Waals surface area contributed by atoms with Crippen LogP contribution in [0.3, 0.4) is 0 Å². The normalized spacial score (nSPS) is 16.7. The Morgan fingerprint density at radius 2 is 2.32 bits per heavy atom. The van der Waals surface area contributed by atoms with Crippen LogP contribution in [0.15, 0.2) is 12.1 Å². The predicted octanol–water partition coefficient (Wildman–Crippen LogP) is 1.55. The highest BCUT2D eigenvalue weighted by molar-refractivity contribution is 6.02. The first-order valence-electron chi connectivity index (χ1n) is 6.02. The van der Waals surface area contributed by atoms with Crippen LogP contribution in [0, 0.1) is 17.1 Å². The number of carbonyl (C=O) groups is 1. The van der Waals surface area contributed by atoms with Gasteiger partial charge in [-0.25, -0.2) is 4.39 Å². The van der Waals surface area contributed by atoms with E-state index in [9.17, 15) is 14.3 Å². The molecule has 1 unspecified atom stereocenters. The number of rotatable bonds is 4. The zero-order valence-electron chi connectivity index (χ0n) is 10.5. The van der Waals surface area contributed by atoms with Gasteiger partial charge in [0.25, 0.3) is 5.91 Å². The standard InChI is InChI=1S/C13H14FN3O2/c1-2-17(5-3-4-15)11-7-10-8(6-9(11)14)12(18)13(19)16-10/h6-7,12,18H,2-3,5H2,1H3,(H,16,19). The van der Waals surface area contributed by atoms with Gasteiger partial charge in [0.1, 0.15) is 5.82 Å². The van der Waals surface area contributed by atoms with Gasteiger partial charge in [0, 0.05) is 24.3 Å². The van der Waals surface area contributed by atoms with E-state index in [2.05, 4.69) is 5.32 Å². The molecule has 2 N–H and O–H groups in total. The van der Waals surface area contributed by atoms with Crippen molar-refractivity contribution in [2.24, 2.45) is 0 Å². The molecule has 0 bridgehead atoms. The lowest BCUT2D eigenvalue weighted by atomic mass is 10.1. The third-order valence-corrected chi connectivity index (χ3v) is 3.14. The van der Waals surface area contributed by atoms with Crippen LogP contribution in [0.25, 0.3) is 0 Å². The van der Waals surface area contributed by atoms with Crippen LogP contribution < -0.4 is 10.2 Å². The number of anilines is 2. The second kappa shape index (κ2) is 5.24. The predicted molar refractivity (Wildman–Crippen MR) is 68.1 cm³/mol. The molecule has 1 amide bonds. The van der Waals surface area contributed by atoms with Crippen molar-refractivity contribution in [2.75, 3.05) is 23.3 Å². The van der Waals surface area contributed by atoms with Crippen LogP contribution in [-0.2, 0) is 4.79 Å². The number of hydrogen-bond donors (Lipinski definition) is 2. The van der Waals surface area contributed by atoms with Crippen LogP contribution in [0.1, 0.15) is 25.0 Å². The number of halogens is 1. The second-order valence-corrected chi connectivity index (χ2v) is 4.27. The maximum atomic E-state index is 14.0. The smallest absolute Gasteiger partial charge is 0.257 e. The molecule has 0 aliphatic carbocycles. The molecule has 100 valence electrons. The molecule has 0 saturated carbocycles. The van der Waals surface area contributed by atoms with E-state index >= 15 is 0 Å². The number of benzene rings is 1. The highest BCUT2D eigenvalue weighted by Crippen LogP contribution is 2.35. The molecule has 1 aromatic carbocycles. The second-order valence-electron chi connectivity index (χ2n) is 4.27.